The van der Waals surface area contributed by atoms with Crippen LogP contribution < -0.4 is 5.32 Å². The number of hydrogen-bond acceptors (Lipinski definition) is 3. The van der Waals surface area contributed by atoms with Crippen LogP contribution in [0.25, 0.3) is 0 Å². The molecule has 0 aromatic carbocycles. The standard InChI is InChI=1S/C10H23NO2/c1-5-10(6-2,8-12)11-7-9(3)13-4/h9,11-12H,5-8H2,1-4H3. The number of aliphatic hydroxyl groups is 1. The van der Waals surface area contributed by atoms with Gasteiger partial charge in [0.2, 0.25) is 0 Å². The molecule has 0 rings (SSSR count). The van der Waals surface area contributed by atoms with Crippen molar-refractivity contribution in [2.24, 2.45) is 0 Å². The second kappa shape index (κ2) is 6.35. The minimum Gasteiger partial charge on any atom is -0.394 e. The Balaban J connectivity index is 3.95. The summed E-state index contributed by atoms with van der Waals surface area (Å²) in [5, 5.41) is 12.6. The van der Waals surface area contributed by atoms with Crippen molar-refractivity contribution in [3.05, 3.63) is 0 Å². The Labute approximate surface area is 81.5 Å². The summed E-state index contributed by atoms with van der Waals surface area (Å²) in [6, 6.07) is 0. The Kier molecular flexibility index (Phi) is 6.29. The first-order valence-corrected chi connectivity index (χ1v) is 5.02. The van der Waals surface area contributed by atoms with Crippen molar-refractivity contribution in [1.29, 1.82) is 0 Å². The molecule has 1 unspecified atom stereocenters. The van der Waals surface area contributed by atoms with Gasteiger partial charge in [0.1, 0.15) is 0 Å². The molecule has 0 aliphatic carbocycles. The zero-order valence-corrected chi connectivity index (χ0v) is 9.26. The first-order chi connectivity index (χ1) is 6.14. The maximum Gasteiger partial charge on any atom is 0.0667 e. The lowest BCUT2D eigenvalue weighted by Gasteiger charge is -2.32. The van der Waals surface area contributed by atoms with Crippen LogP contribution in [-0.4, -0.2) is 37.0 Å². The van der Waals surface area contributed by atoms with Crippen LogP contribution in [0, 0.1) is 0 Å². The number of aliphatic hydroxyl groups excluding tert-OH is 1. The quantitative estimate of drug-likeness (QED) is 0.631. The van der Waals surface area contributed by atoms with E-state index in [-0.39, 0.29) is 18.2 Å². The molecule has 2 N–H and O–H groups in total. The van der Waals surface area contributed by atoms with Gasteiger partial charge >= 0.3 is 0 Å². The summed E-state index contributed by atoms with van der Waals surface area (Å²) in [6.07, 6.45) is 2.08. The fraction of sp³-hybridized carbons (Fsp3) is 1.00. The molecule has 3 heteroatoms. The molecule has 0 amide bonds. The molecule has 0 aliphatic rings. The predicted molar refractivity (Wildman–Crippen MR) is 54.9 cm³/mol. The van der Waals surface area contributed by atoms with Gasteiger partial charge in [-0.25, -0.2) is 0 Å². The first-order valence-electron chi connectivity index (χ1n) is 5.02. The van der Waals surface area contributed by atoms with Gasteiger partial charge < -0.3 is 15.2 Å². The lowest BCUT2D eigenvalue weighted by Crippen LogP contribution is -2.50. The van der Waals surface area contributed by atoms with Crippen LogP contribution in [0.3, 0.4) is 0 Å². The van der Waals surface area contributed by atoms with E-state index in [1.807, 2.05) is 6.92 Å². The molecule has 0 bridgehead atoms. The van der Waals surface area contributed by atoms with E-state index < -0.39 is 0 Å². The number of rotatable bonds is 7. The zero-order valence-electron chi connectivity index (χ0n) is 9.26. The van der Waals surface area contributed by atoms with Crippen molar-refractivity contribution in [3.63, 3.8) is 0 Å². The maximum atomic E-state index is 9.26. The molecule has 0 saturated heterocycles. The highest BCUT2D eigenvalue weighted by molar-refractivity contribution is 4.85. The number of nitrogens with one attached hydrogen (secondary N) is 1. The highest BCUT2D eigenvalue weighted by Crippen LogP contribution is 2.13. The average molecular weight is 189 g/mol. The molecule has 0 fully saturated rings. The molecule has 1 atom stereocenters. The monoisotopic (exact) mass is 189 g/mol. The Bertz CT molecular complexity index is 116. The largest absolute Gasteiger partial charge is 0.394 e. The molecule has 0 aromatic heterocycles. The topological polar surface area (TPSA) is 41.5 Å². The molecular weight excluding hydrogens is 166 g/mol. The van der Waals surface area contributed by atoms with Crippen LogP contribution in [0.1, 0.15) is 33.6 Å². The molecule has 0 aliphatic heterocycles. The summed E-state index contributed by atoms with van der Waals surface area (Å²) >= 11 is 0. The molecule has 80 valence electrons. The van der Waals surface area contributed by atoms with Crippen LogP contribution in [0.5, 0.6) is 0 Å². The second-order valence-electron chi connectivity index (χ2n) is 3.57. The van der Waals surface area contributed by atoms with Crippen LogP contribution >= 0.6 is 0 Å². The van der Waals surface area contributed by atoms with Gasteiger partial charge in [-0.3, -0.25) is 0 Å². The average Bonchev–Trinajstić information content (AvgIpc) is 2.20. The minimum atomic E-state index is -0.118. The molecule has 13 heavy (non-hydrogen) atoms. The third-order valence-corrected chi connectivity index (χ3v) is 2.82. The molecule has 0 radical (unpaired) electrons. The van der Waals surface area contributed by atoms with Gasteiger partial charge in [-0.15, -0.1) is 0 Å². The van der Waals surface area contributed by atoms with Gasteiger partial charge in [0.25, 0.3) is 0 Å². The van der Waals surface area contributed by atoms with Gasteiger partial charge in [-0.2, -0.15) is 0 Å². The van der Waals surface area contributed by atoms with Crippen LogP contribution in [0.4, 0.5) is 0 Å². The van der Waals surface area contributed by atoms with E-state index in [0.29, 0.717) is 0 Å². The van der Waals surface area contributed by atoms with E-state index in [0.717, 1.165) is 19.4 Å². The summed E-state index contributed by atoms with van der Waals surface area (Å²) in [5.74, 6) is 0. The highest BCUT2D eigenvalue weighted by Gasteiger charge is 2.24. The van der Waals surface area contributed by atoms with Crippen LogP contribution in [-0.2, 0) is 4.74 Å². The van der Waals surface area contributed by atoms with E-state index in [4.69, 9.17) is 4.74 Å². The van der Waals surface area contributed by atoms with Crippen molar-refractivity contribution in [1.82, 2.24) is 5.32 Å². The van der Waals surface area contributed by atoms with E-state index in [9.17, 15) is 5.11 Å². The van der Waals surface area contributed by atoms with Gasteiger partial charge in [-0.05, 0) is 19.8 Å². The third kappa shape index (κ3) is 4.07. The van der Waals surface area contributed by atoms with Gasteiger partial charge in [0, 0.05) is 19.2 Å². The fourth-order valence-corrected chi connectivity index (χ4v) is 1.22. The normalized spacial score (nSPS) is 14.5. The number of methoxy groups -OCH3 is 1. The lowest BCUT2D eigenvalue weighted by atomic mass is 9.94. The number of ether oxygens (including phenoxy) is 1. The first kappa shape index (κ1) is 12.9. The zero-order chi connectivity index (χ0) is 10.3. The molecule has 0 spiro atoms. The predicted octanol–water partition coefficient (Wildman–Crippen LogP) is 1.16. The molecule has 0 heterocycles. The Morgan fingerprint density at radius 3 is 2.23 bits per heavy atom. The van der Waals surface area contributed by atoms with Crippen molar-refractivity contribution in [2.75, 3.05) is 20.3 Å². The summed E-state index contributed by atoms with van der Waals surface area (Å²) < 4.78 is 5.13. The summed E-state index contributed by atoms with van der Waals surface area (Å²) in [4.78, 5) is 0. The molecule has 0 aromatic rings. The second-order valence-corrected chi connectivity index (χ2v) is 3.57. The van der Waals surface area contributed by atoms with E-state index >= 15 is 0 Å². The summed E-state index contributed by atoms with van der Waals surface area (Å²) in [5.41, 5.74) is -0.118. The molecule has 3 nitrogen and oxygen atoms in total. The van der Waals surface area contributed by atoms with E-state index in [2.05, 4.69) is 19.2 Å². The van der Waals surface area contributed by atoms with Crippen molar-refractivity contribution >= 4 is 0 Å². The molecular formula is C10H23NO2. The third-order valence-electron chi connectivity index (χ3n) is 2.82. The smallest absolute Gasteiger partial charge is 0.0667 e. The number of hydrogen-bond donors (Lipinski definition) is 2. The van der Waals surface area contributed by atoms with Gasteiger partial charge in [-0.1, -0.05) is 13.8 Å². The highest BCUT2D eigenvalue weighted by atomic mass is 16.5. The van der Waals surface area contributed by atoms with Crippen molar-refractivity contribution in [2.45, 2.75) is 45.3 Å². The lowest BCUT2D eigenvalue weighted by molar-refractivity contribution is 0.0887. The van der Waals surface area contributed by atoms with Gasteiger partial charge in [0.05, 0.1) is 12.7 Å². The SMILES string of the molecule is CCC(CC)(CO)NCC(C)OC. The van der Waals surface area contributed by atoms with Crippen molar-refractivity contribution in [3.8, 4) is 0 Å². The Morgan fingerprint density at radius 2 is 1.92 bits per heavy atom. The minimum absolute atomic E-state index is 0.118. The van der Waals surface area contributed by atoms with E-state index in [1.165, 1.54) is 0 Å². The summed E-state index contributed by atoms with van der Waals surface area (Å²) in [7, 11) is 1.70. The summed E-state index contributed by atoms with van der Waals surface area (Å²) in [6.45, 7) is 7.17. The van der Waals surface area contributed by atoms with Crippen molar-refractivity contribution < 1.29 is 9.84 Å². The van der Waals surface area contributed by atoms with E-state index in [1.54, 1.807) is 7.11 Å². The van der Waals surface area contributed by atoms with Crippen LogP contribution in [0.2, 0.25) is 0 Å². The Morgan fingerprint density at radius 1 is 1.38 bits per heavy atom. The molecule has 0 saturated carbocycles. The Hall–Kier alpha value is -0.120. The van der Waals surface area contributed by atoms with Crippen LogP contribution in [0.15, 0.2) is 0 Å². The van der Waals surface area contributed by atoms with Gasteiger partial charge in [0.15, 0.2) is 0 Å². The maximum absolute atomic E-state index is 9.26. The fourth-order valence-electron chi connectivity index (χ4n) is 1.22.